The molecule has 1 aliphatic rings. The third kappa shape index (κ3) is 5.47. The smallest absolute Gasteiger partial charge is 0.223 e. The zero-order valence-electron chi connectivity index (χ0n) is 16.0. The zero-order valence-corrected chi connectivity index (χ0v) is 16.7. The van der Waals surface area contributed by atoms with Crippen LogP contribution in [0.5, 0.6) is 5.75 Å². The van der Waals surface area contributed by atoms with Gasteiger partial charge in [-0.1, -0.05) is 35.9 Å². The number of nitrogens with zero attached hydrogens (tertiary/aromatic N) is 1. The van der Waals surface area contributed by atoms with Crippen molar-refractivity contribution < 1.29 is 9.53 Å². The number of nitrogens with one attached hydrogen (secondary N) is 1. The van der Waals surface area contributed by atoms with Gasteiger partial charge in [0.05, 0.1) is 13.2 Å². The quantitative estimate of drug-likeness (QED) is 0.798. The zero-order chi connectivity index (χ0) is 19.2. The number of halogens is 1. The summed E-state index contributed by atoms with van der Waals surface area (Å²) in [7, 11) is 1.65. The van der Waals surface area contributed by atoms with Crippen LogP contribution in [0.2, 0.25) is 5.02 Å². The van der Waals surface area contributed by atoms with Gasteiger partial charge in [-0.2, -0.15) is 0 Å². The Morgan fingerprint density at radius 3 is 2.37 bits per heavy atom. The number of benzene rings is 2. The summed E-state index contributed by atoms with van der Waals surface area (Å²) in [6.45, 7) is 4.82. The Hall–Kier alpha value is -2.04. The van der Waals surface area contributed by atoms with Gasteiger partial charge in [0.1, 0.15) is 5.75 Å². The largest absolute Gasteiger partial charge is 0.497 e. The van der Waals surface area contributed by atoms with E-state index < -0.39 is 0 Å². The highest BCUT2D eigenvalue weighted by Crippen LogP contribution is 2.22. The minimum atomic E-state index is -0.00416. The van der Waals surface area contributed by atoms with Crippen molar-refractivity contribution in [1.29, 1.82) is 0 Å². The molecule has 0 spiro atoms. The van der Waals surface area contributed by atoms with Crippen LogP contribution in [0, 0.1) is 5.92 Å². The normalized spacial score (nSPS) is 16.7. The molecule has 5 heteroatoms. The van der Waals surface area contributed by atoms with Gasteiger partial charge in [0, 0.05) is 17.5 Å². The molecular weight excluding hydrogens is 360 g/mol. The molecule has 2 aromatic carbocycles. The summed E-state index contributed by atoms with van der Waals surface area (Å²) in [5.41, 5.74) is 2.35. The lowest BCUT2D eigenvalue weighted by molar-refractivity contribution is -0.127. The van der Waals surface area contributed by atoms with Gasteiger partial charge in [-0.15, -0.1) is 0 Å². The van der Waals surface area contributed by atoms with Crippen molar-refractivity contribution in [2.45, 2.75) is 32.4 Å². The second kappa shape index (κ2) is 9.25. The first-order valence-corrected chi connectivity index (χ1v) is 9.84. The molecule has 1 fully saturated rings. The van der Waals surface area contributed by atoms with E-state index in [9.17, 15) is 4.79 Å². The van der Waals surface area contributed by atoms with E-state index in [1.165, 1.54) is 5.56 Å². The molecule has 2 aromatic rings. The number of piperidine rings is 1. The average Bonchev–Trinajstić information content (AvgIpc) is 2.70. The van der Waals surface area contributed by atoms with E-state index in [2.05, 4.69) is 22.3 Å². The predicted molar refractivity (Wildman–Crippen MR) is 109 cm³/mol. The lowest BCUT2D eigenvalue weighted by Gasteiger charge is -2.32. The Labute approximate surface area is 166 Å². The Kier molecular flexibility index (Phi) is 6.75. The molecule has 1 heterocycles. The molecule has 4 nitrogen and oxygen atoms in total. The summed E-state index contributed by atoms with van der Waals surface area (Å²) in [6.07, 6.45) is 1.80. The minimum Gasteiger partial charge on any atom is -0.497 e. The van der Waals surface area contributed by atoms with Crippen LogP contribution in [0.1, 0.15) is 36.9 Å². The number of carbonyl (C=O) groups is 1. The van der Waals surface area contributed by atoms with E-state index >= 15 is 0 Å². The van der Waals surface area contributed by atoms with E-state index in [-0.39, 0.29) is 17.9 Å². The molecule has 0 aromatic heterocycles. The Morgan fingerprint density at radius 2 is 1.78 bits per heavy atom. The number of methoxy groups -OCH3 is 1. The van der Waals surface area contributed by atoms with Gasteiger partial charge in [0.2, 0.25) is 5.91 Å². The number of amides is 1. The highest BCUT2D eigenvalue weighted by Gasteiger charge is 2.26. The second-order valence-electron chi connectivity index (χ2n) is 7.18. The fourth-order valence-electron chi connectivity index (χ4n) is 3.51. The summed E-state index contributed by atoms with van der Waals surface area (Å²) < 4.78 is 5.19. The second-order valence-corrected chi connectivity index (χ2v) is 7.62. The SMILES string of the molecule is COc1ccc([C@H](C)NC(=O)C2CCN(Cc3ccc(Cl)cc3)CC2)cc1. The topological polar surface area (TPSA) is 41.6 Å². The van der Waals surface area contributed by atoms with Crippen molar-refractivity contribution in [2.24, 2.45) is 5.92 Å². The third-order valence-electron chi connectivity index (χ3n) is 5.25. The Bertz CT molecular complexity index is 738. The summed E-state index contributed by atoms with van der Waals surface area (Å²) >= 11 is 5.94. The number of likely N-dealkylation sites (tertiary alicyclic amines) is 1. The van der Waals surface area contributed by atoms with Crippen molar-refractivity contribution in [3.05, 3.63) is 64.7 Å². The fourth-order valence-corrected chi connectivity index (χ4v) is 3.63. The van der Waals surface area contributed by atoms with Crippen LogP contribution in [-0.2, 0) is 11.3 Å². The van der Waals surface area contributed by atoms with Crippen molar-refractivity contribution >= 4 is 17.5 Å². The molecule has 27 heavy (non-hydrogen) atoms. The molecule has 0 unspecified atom stereocenters. The maximum atomic E-state index is 12.6. The Balaban J connectivity index is 1.46. The van der Waals surface area contributed by atoms with Crippen LogP contribution in [-0.4, -0.2) is 31.0 Å². The van der Waals surface area contributed by atoms with E-state index in [4.69, 9.17) is 16.3 Å². The van der Waals surface area contributed by atoms with Crippen LogP contribution < -0.4 is 10.1 Å². The molecule has 1 atom stereocenters. The predicted octanol–water partition coefficient (Wildman–Crippen LogP) is 4.44. The number of rotatable bonds is 6. The van der Waals surface area contributed by atoms with Crippen LogP contribution in [0.25, 0.3) is 0 Å². The van der Waals surface area contributed by atoms with Gasteiger partial charge in [-0.05, 0) is 68.2 Å². The van der Waals surface area contributed by atoms with Gasteiger partial charge < -0.3 is 10.1 Å². The van der Waals surface area contributed by atoms with Crippen molar-refractivity contribution in [3.8, 4) is 5.75 Å². The summed E-state index contributed by atoms with van der Waals surface area (Å²) in [5.74, 6) is 1.07. The Morgan fingerprint density at radius 1 is 1.15 bits per heavy atom. The van der Waals surface area contributed by atoms with Gasteiger partial charge in [-0.3, -0.25) is 9.69 Å². The fraction of sp³-hybridized carbons (Fsp3) is 0.409. The first kappa shape index (κ1) is 19.7. The van der Waals surface area contributed by atoms with Gasteiger partial charge >= 0.3 is 0 Å². The van der Waals surface area contributed by atoms with Crippen LogP contribution in [0.3, 0.4) is 0 Å². The molecule has 0 radical (unpaired) electrons. The standard InChI is InChI=1S/C22H27ClN2O2/c1-16(18-5-9-21(27-2)10-6-18)24-22(26)19-11-13-25(14-12-19)15-17-3-7-20(23)8-4-17/h3-10,16,19H,11-15H2,1-2H3,(H,24,26)/t16-/m0/s1. The van der Waals surface area contributed by atoms with Crippen LogP contribution in [0.15, 0.2) is 48.5 Å². The first-order chi connectivity index (χ1) is 13.0. The highest BCUT2D eigenvalue weighted by molar-refractivity contribution is 6.30. The van der Waals surface area contributed by atoms with Crippen LogP contribution in [0.4, 0.5) is 0 Å². The van der Waals surface area contributed by atoms with E-state index in [0.717, 1.165) is 48.8 Å². The molecule has 3 rings (SSSR count). The van der Waals surface area contributed by atoms with Crippen molar-refractivity contribution in [1.82, 2.24) is 10.2 Å². The maximum absolute atomic E-state index is 12.6. The van der Waals surface area contributed by atoms with Gasteiger partial charge in [0.25, 0.3) is 0 Å². The van der Waals surface area contributed by atoms with E-state index in [1.54, 1.807) is 7.11 Å². The number of hydrogen-bond donors (Lipinski definition) is 1. The molecule has 0 bridgehead atoms. The number of carbonyl (C=O) groups excluding carboxylic acids is 1. The van der Waals surface area contributed by atoms with Gasteiger partial charge in [-0.25, -0.2) is 0 Å². The molecule has 144 valence electrons. The van der Waals surface area contributed by atoms with Crippen molar-refractivity contribution in [2.75, 3.05) is 20.2 Å². The lowest BCUT2D eigenvalue weighted by Crippen LogP contribution is -2.40. The lowest BCUT2D eigenvalue weighted by atomic mass is 9.95. The molecule has 0 saturated carbocycles. The summed E-state index contributed by atoms with van der Waals surface area (Å²) in [4.78, 5) is 15.0. The van der Waals surface area contributed by atoms with E-state index in [0.29, 0.717) is 0 Å². The maximum Gasteiger partial charge on any atom is 0.223 e. The van der Waals surface area contributed by atoms with Crippen LogP contribution >= 0.6 is 11.6 Å². The van der Waals surface area contributed by atoms with E-state index in [1.807, 2.05) is 43.3 Å². The minimum absolute atomic E-state index is 0.00416. The first-order valence-electron chi connectivity index (χ1n) is 9.46. The number of ether oxygens (including phenoxy) is 1. The monoisotopic (exact) mass is 386 g/mol. The highest BCUT2D eigenvalue weighted by atomic mass is 35.5. The third-order valence-corrected chi connectivity index (χ3v) is 5.50. The summed E-state index contributed by atoms with van der Waals surface area (Å²) in [5, 5.41) is 3.93. The van der Waals surface area contributed by atoms with Gasteiger partial charge in [0.15, 0.2) is 0 Å². The molecule has 0 aliphatic carbocycles. The molecule has 1 saturated heterocycles. The molecule has 1 aliphatic heterocycles. The number of hydrogen-bond acceptors (Lipinski definition) is 3. The molecular formula is C22H27ClN2O2. The molecule has 1 amide bonds. The average molecular weight is 387 g/mol. The summed E-state index contributed by atoms with van der Waals surface area (Å²) in [6, 6.07) is 15.8. The van der Waals surface area contributed by atoms with Crippen molar-refractivity contribution in [3.63, 3.8) is 0 Å². The molecule has 1 N–H and O–H groups in total.